The van der Waals surface area contributed by atoms with Crippen LogP contribution in [0.4, 0.5) is 23.7 Å². The lowest BCUT2D eigenvalue weighted by Gasteiger charge is -2.59. The Morgan fingerprint density at radius 1 is 1.00 bits per heavy atom. The first-order chi connectivity index (χ1) is 36.6. The lowest BCUT2D eigenvalue weighted by atomic mass is 9.69. The van der Waals surface area contributed by atoms with Crippen LogP contribution in [0.2, 0.25) is 5.02 Å². The van der Waals surface area contributed by atoms with Crippen LogP contribution in [0.5, 0.6) is 5.75 Å². The molecule has 25 heteroatoms. The summed E-state index contributed by atoms with van der Waals surface area (Å²) in [6.07, 6.45) is -2.00. The number of alkyl carbamates (subject to hydrolysis) is 1. The van der Waals surface area contributed by atoms with Crippen LogP contribution < -0.4 is 15.0 Å². The van der Waals surface area contributed by atoms with Gasteiger partial charge in [0.05, 0.1) is 36.2 Å². The molecule has 78 heavy (non-hydrogen) atoms. The summed E-state index contributed by atoms with van der Waals surface area (Å²) in [6.45, 7) is 6.06. The quantitative estimate of drug-likeness (QED) is 0.152. The number of benzene rings is 1. The van der Waals surface area contributed by atoms with E-state index in [1.165, 1.54) is 33.1 Å². The molecule has 20 nitrogen and oxygen atoms in total. The highest BCUT2D eigenvalue weighted by Crippen LogP contribution is 2.52. The normalized spacial score (nSPS) is 32.0. The number of likely N-dealkylation sites (tertiary alicyclic amines) is 1. The van der Waals surface area contributed by atoms with Crippen LogP contribution in [0.1, 0.15) is 104 Å². The van der Waals surface area contributed by atoms with Gasteiger partial charge in [0.1, 0.15) is 40.7 Å². The molecule has 1 aromatic rings. The highest BCUT2D eigenvalue weighted by Gasteiger charge is 2.62. The van der Waals surface area contributed by atoms with Gasteiger partial charge in [-0.3, -0.25) is 43.9 Å². The molecule has 1 aliphatic carbocycles. The van der Waals surface area contributed by atoms with Gasteiger partial charge in [0.2, 0.25) is 17.7 Å². The Bertz CT molecular complexity index is 2560. The SMILES string of the molecule is COc1cc2cc(c1Cl)N(C)C(=O)CC(COC(=O)[C@H](C)N(C)C(CCSC1CC(=O)N(C[C@H]3CC[C@H](C(=O)ON4C(=O)CCC4=O)CC3)C1=O)C(F)(F)F)[C@@]1(C)CC(C)(O1)[C@@H]1C[C@@](O)(NC(=O)O1)[C@H](OC)/C=C/C=C(\C)C2. The molecule has 7 aliphatic rings. The van der Waals surface area contributed by atoms with Crippen molar-refractivity contribution in [3.8, 4) is 5.75 Å². The molecule has 0 spiro atoms. The van der Waals surface area contributed by atoms with E-state index >= 15 is 0 Å². The number of methoxy groups -OCH3 is 2. The number of hydroxylamine groups is 2. The summed E-state index contributed by atoms with van der Waals surface area (Å²) in [7, 11) is 5.47. The number of amides is 6. The van der Waals surface area contributed by atoms with E-state index in [2.05, 4.69) is 5.32 Å². The van der Waals surface area contributed by atoms with Crippen LogP contribution >= 0.6 is 23.4 Å². The number of ether oxygens (including phenoxy) is 5. The number of esters is 1. The molecule has 6 aliphatic heterocycles. The summed E-state index contributed by atoms with van der Waals surface area (Å²) in [4.78, 5) is 113. The molecule has 4 unspecified atom stereocenters. The van der Waals surface area contributed by atoms with Gasteiger partial charge in [-0.15, -0.1) is 16.8 Å². The molecule has 1 aromatic carbocycles. The number of nitrogens with one attached hydrogen (secondary N) is 1. The van der Waals surface area contributed by atoms with Crippen LogP contribution in [0, 0.1) is 17.8 Å². The van der Waals surface area contributed by atoms with Gasteiger partial charge in [-0.1, -0.05) is 35.4 Å². The summed E-state index contributed by atoms with van der Waals surface area (Å²) >= 11 is 7.72. The number of hydrogen-bond donors (Lipinski definition) is 2. The van der Waals surface area contributed by atoms with Crippen LogP contribution in [0.3, 0.4) is 0 Å². The molecular weight excluding hydrogens is 1070 g/mol. The van der Waals surface area contributed by atoms with E-state index < -0.39 is 125 Å². The van der Waals surface area contributed by atoms with E-state index in [0.717, 1.165) is 39.7 Å². The molecule has 6 bridgehead atoms. The van der Waals surface area contributed by atoms with Crippen molar-refractivity contribution in [2.24, 2.45) is 17.8 Å². The Balaban J connectivity index is 1.000. The van der Waals surface area contributed by atoms with E-state index in [0.29, 0.717) is 48.6 Å². The number of fused-ring (bicyclic) bond motifs is 6. The molecule has 2 N–H and O–H groups in total. The van der Waals surface area contributed by atoms with E-state index in [4.69, 9.17) is 40.1 Å². The standard InChI is InChI=1S/C53H69ClF3N5O15S/c1-29-10-9-11-39(73-8)52(71)25-40(75-49(70)58-52)51(4)28-50(3,77-51)34(23-43(65)60(6)35-21-32(20-29)22-36(72-7)45(35)54)27-74-47(68)30(2)59(5)38(53(55,56)57)18-19-78-37-24-44(66)61(46(37)67)26-31-12-14-33(15-13-31)48(69)76-62-41(63)16-17-42(62)64/h9-11,21-22,30-31,33-34,37-40,71H,12-20,23-28H2,1-8H3,(H,58,70)/b11-9+,29-10+/t30-,31-,33-,34?,37?,38?,39+,40-,50+,51?,52-/m0/s1. The fourth-order valence-corrected chi connectivity index (χ4v) is 12.9. The van der Waals surface area contributed by atoms with Crippen molar-refractivity contribution in [1.82, 2.24) is 20.2 Å². The van der Waals surface area contributed by atoms with E-state index in [1.807, 2.05) is 6.92 Å². The molecule has 6 heterocycles. The number of aliphatic hydroxyl groups is 1. The minimum atomic E-state index is -4.84. The number of carbonyl (C=O) groups is 8. The zero-order chi connectivity index (χ0) is 57.2. The third-order valence-corrected chi connectivity index (χ3v) is 17.7. The lowest BCUT2D eigenvalue weighted by Crippen LogP contribution is -2.72. The molecule has 0 radical (unpaired) electrons. The Hall–Kier alpha value is -5.27. The minimum absolute atomic E-state index is 0.0347. The van der Waals surface area contributed by atoms with E-state index in [-0.39, 0.29) is 61.8 Å². The fourth-order valence-electron chi connectivity index (χ4n) is 11.4. The molecule has 4 saturated heterocycles. The summed E-state index contributed by atoms with van der Waals surface area (Å²) < 4.78 is 73.9. The van der Waals surface area contributed by atoms with Crippen molar-refractivity contribution < 1.29 is 85.2 Å². The number of imide groups is 2. The maximum Gasteiger partial charge on any atom is 0.409 e. The van der Waals surface area contributed by atoms with E-state index in [1.54, 1.807) is 44.2 Å². The highest BCUT2D eigenvalue weighted by atomic mass is 35.5. The van der Waals surface area contributed by atoms with Crippen molar-refractivity contribution in [1.29, 1.82) is 0 Å². The number of alkyl halides is 3. The molecule has 5 fully saturated rings. The summed E-state index contributed by atoms with van der Waals surface area (Å²) in [6, 6.07) is -0.183. The van der Waals surface area contributed by atoms with Crippen LogP contribution in [0.15, 0.2) is 35.9 Å². The average molecular weight is 1140 g/mol. The first-order valence-corrected chi connectivity index (χ1v) is 27.4. The largest absolute Gasteiger partial charge is 0.495 e. The second kappa shape index (κ2) is 24.2. The number of thioether (sulfide) groups is 1. The summed E-state index contributed by atoms with van der Waals surface area (Å²) in [5, 5.41) is 14.1. The maximum atomic E-state index is 14.9. The zero-order valence-electron chi connectivity index (χ0n) is 45.0. The molecule has 9 atom stereocenters. The highest BCUT2D eigenvalue weighted by molar-refractivity contribution is 8.00. The van der Waals surface area contributed by atoms with Crippen molar-refractivity contribution in [2.75, 3.05) is 52.1 Å². The van der Waals surface area contributed by atoms with E-state index in [9.17, 15) is 56.6 Å². The van der Waals surface area contributed by atoms with Crippen LogP contribution in [0.25, 0.3) is 0 Å². The third kappa shape index (κ3) is 13.3. The molecule has 0 aromatic heterocycles. The van der Waals surface area contributed by atoms with Gasteiger partial charge >= 0.3 is 24.2 Å². The molecule has 6 amide bonds. The zero-order valence-corrected chi connectivity index (χ0v) is 46.6. The fraction of sp³-hybridized carbons (Fsp3) is 0.660. The smallest absolute Gasteiger partial charge is 0.409 e. The van der Waals surface area contributed by atoms with Gasteiger partial charge in [-0.05, 0) is 103 Å². The number of halogens is 4. The van der Waals surface area contributed by atoms with Crippen LogP contribution in [-0.4, -0.2) is 167 Å². The van der Waals surface area contributed by atoms with Gasteiger partial charge in [0.25, 0.3) is 11.8 Å². The number of hydrogen-bond acceptors (Lipinski definition) is 17. The number of likely N-dealkylation sites (N-methyl/N-ethyl adjacent to an activating group) is 1. The Labute approximate surface area is 459 Å². The number of allylic oxidation sites excluding steroid dienone is 3. The van der Waals surface area contributed by atoms with Crippen LogP contribution in [-0.2, 0) is 63.8 Å². The molecule has 1 saturated carbocycles. The van der Waals surface area contributed by atoms with Crippen molar-refractivity contribution in [3.63, 3.8) is 0 Å². The van der Waals surface area contributed by atoms with Gasteiger partial charge in [0.15, 0.2) is 5.72 Å². The minimum Gasteiger partial charge on any atom is -0.495 e. The molecule has 430 valence electrons. The summed E-state index contributed by atoms with van der Waals surface area (Å²) in [5.41, 5.74) is -2.55. The second-order valence-electron chi connectivity index (χ2n) is 21.7. The first-order valence-electron chi connectivity index (χ1n) is 26.0. The van der Waals surface area contributed by atoms with Crippen molar-refractivity contribution in [2.45, 2.75) is 157 Å². The molecule has 8 rings (SSSR count). The Kier molecular flexibility index (Phi) is 18.7. The number of carbonyl (C=O) groups excluding carboxylic acids is 8. The number of nitrogens with zero attached hydrogens (tertiary/aromatic N) is 4. The topological polar surface area (TPSA) is 237 Å². The lowest BCUT2D eigenvalue weighted by molar-refractivity contribution is -0.322. The van der Waals surface area contributed by atoms with Gasteiger partial charge in [-0.25, -0.2) is 9.59 Å². The first kappa shape index (κ1) is 60.4. The monoisotopic (exact) mass is 1140 g/mol. The summed E-state index contributed by atoms with van der Waals surface area (Å²) in [5.74, 6) is -5.94. The van der Waals surface area contributed by atoms with Crippen molar-refractivity contribution >= 4 is 76.6 Å². The van der Waals surface area contributed by atoms with Gasteiger partial charge < -0.3 is 38.5 Å². The number of rotatable bonds is 15. The van der Waals surface area contributed by atoms with Crippen molar-refractivity contribution in [3.05, 3.63) is 46.5 Å². The predicted octanol–water partition coefficient (Wildman–Crippen LogP) is 5.97. The third-order valence-electron chi connectivity index (χ3n) is 16.1. The Morgan fingerprint density at radius 3 is 2.29 bits per heavy atom. The number of anilines is 1. The average Bonchev–Trinajstić information content (AvgIpc) is 3.98. The second-order valence-corrected chi connectivity index (χ2v) is 23.4. The maximum absolute atomic E-state index is 14.9. The van der Waals surface area contributed by atoms with Gasteiger partial charge in [-0.2, -0.15) is 13.2 Å². The Morgan fingerprint density at radius 2 is 1.67 bits per heavy atom. The predicted molar refractivity (Wildman–Crippen MR) is 275 cm³/mol. The molecular formula is C53H69ClF3N5O15S. The van der Waals surface area contributed by atoms with Gasteiger partial charge in [0, 0.05) is 65.1 Å².